The number of aliphatic hydroxyl groups excluding tert-OH is 1. The number of ether oxygens (including phenoxy) is 1. The molecule has 1 atom stereocenters. The Balaban J connectivity index is 1.63. The van der Waals surface area contributed by atoms with Crippen LogP contribution in [0.2, 0.25) is 0 Å². The van der Waals surface area contributed by atoms with Crippen LogP contribution in [0, 0.1) is 0 Å². The van der Waals surface area contributed by atoms with Gasteiger partial charge in [-0.15, -0.1) is 10.2 Å². The topological polar surface area (TPSA) is 63.4 Å². The second kappa shape index (κ2) is 7.21. The fourth-order valence-corrected chi connectivity index (χ4v) is 2.82. The number of fused-ring (bicyclic) bond motifs is 1. The first-order chi connectivity index (χ1) is 11.1. The fourth-order valence-electron chi connectivity index (χ4n) is 2.82. The molecule has 2 heterocycles. The van der Waals surface area contributed by atoms with Gasteiger partial charge in [-0.25, -0.2) is 0 Å². The van der Waals surface area contributed by atoms with Crippen molar-refractivity contribution in [3.63, 3.8) is 0 Å². The van der Waals surface area contributed by atoms with Gasteiger partial charge in [-0.2, -0.15) is 0 Å². The van der Waals surface area contributed by atoms with Gasteiger partial charge in [0.15, 0.2) is 5.82 Å². The summed E-state index contributed by atoms with van der Waals surface area (Å²) >= 11 is 0. The van der Waals surface area contributed by atoms with Crippen molar-refractivity contribution in [2.45, 2.75) is 39.1 Å². The molecule has 0 spiro atoms. The molecule has 2 aromatic rings. The molecule has 1 aliphatic heterocycles. The lowest BCUT2D eigenvalue weighted by Crippen LogP contribution is -2.40. The lowest BCUT2D eigenvalue weighted by atomic mass is 10.2. The van der Waals surface area contributed by atoms with Gasteiger partial charge >= 0.3 is 0 Å². The van der Waals surface area contributed by atoms with Crippen LogP contribution in [-0.4, -0.2) is 56.7 Å². The van der Waals surface area contributed by atoms with E-state index in [4.69, 9.17) is 4.74 Å². The van der Waals surface area contributed by atoms with Gasteiger partial charge in [0, 0.05) is 25.2 Å². The molecule has 6 heteroatoms. The summed E-state index contributed by atoms with van der Waals surface area (Å²) in [5, 5.41) is 18.7. The number of nitrogens with zero attached hydrogens (tertiary/aromatic N) is 4. The minimum absolute atomic E-state index is 0.141. The molecule has 0 saturated carbocycles. The zero-order chi connectivity index (χ0) is 16.2. The Kier molecular flexibility index (Phi) is 5.05. The summed E-state index contributed by atoms with van der Waals surface area (Å²) in [4.78, 5) is 2.20. The molecule has 1 unspecified atom stereocenters. The maximum absolute atomic E-state index is 10.1. The second-order valence-corrected chi connectivity index (χ2v) is 6.23. The molecule has 0 amide bonds. The highest BCUT2D eigenvalue weighted by Crippen LogP contribution is 2.21. The van der Waals surface area contributed by atoms with Crippen molar-refractivity contribution >= 4 is 0 Å². The van der Waals surface area contributed by atoms with Crippen molar-refractivity contribution in [2.75, 3.05) is 19.7 Å². The van der Waals surface area contributed by atoms with E-state index >= 15 is 0 Å². The first kappa shape index (κ1) is 16.1. The van der Waals surface area contributed by atoms with Crippen LogP contribution in [-0.2, 0) is 17.8 Å². The van der Waals surface area contributed by atoms with E-state index in [-0.39, 0.29) is 6.10 Å². The van der Waals surface area contributed by atoms with Crippen LogP contribution in [0.4, 0.5) is 0 Å². The molecule has 1 aromatic heterocycles. The molecule has 3 rings (SSSR count). The van der Waals surface area contributed by atoms with Gasteiger partial charge < -0.3 is 14.4 Å². The number of rotatable bonds is 6. The molecular formula is C17H24N4O2. The van der Waals surface area contributed by atoms with Crippen LogP contribution < -0.4 is 0 Å². The molecule has 124 valence electrons. The maximum Gasteiger partial charge on any atom is 0.164 e. The smallest absolute Gasteiger partial charge is 0.164 e. The van der Waals surface area contributed by atoms with E-state index in [0.29, 0.717) is 19.7 Å². The van der Waals surface area contributed by atoms with E-state index in [2.05, 4.69) is 31.8 Å². The summed E-state index contributed by atoms with van der Waals surface area (Å²) in [6.07, 6.45) is -0.331. The molecule has 1 aromatic carbocycles. The first-order valence-corrected chi connectivity index (χ1v) is 8.13. The third-order valence-corrected chi connectivity index (χ3v) is 3.96. The van der Waals surface area contributed by atoms with E-state index in [1.165, 1.54) is 0 Å². The van der Waals surface area contributed by atoms with Crippen LogP contribution in [0.25, 0.3) is 11.4 Å². The highest BCUT2D eigenvalue weighted by molar-refractivity contribution is 5.55. The summed E-state index contributed by atoms with van der Waals surface area (Å²) in [5.41, 5.74) is 1.09. The van der Waals surface area contributed by atoms with E-state index in [1.807, 2.05) is 32.0 Å². The van der Waals surface area contributed by atoms with Crippen molar-refractivity contribution in [1.82, 2.24) is 19.7 Å². The van der Waals surface area contributed by atoms with Crippen LogP contribution in [0.5, 0.6) is 0 Å². The quantitative estimate of drug-likeness (QED) is 0.876. The summed E-state index contributed by atoms with van der Waals surface area (Å²) in [7, 11) is 0. The largest absolute Gasteiger partial charge is 0.389 e. The van der Waals surface area contributed by atoms with Crippen LogP contribution in [0.1, 0.15) is 19.7 Å². The summed E-state index contributed by atoms with van der Waals surface area (Å²) in [6, 6.07) is 10.1. The number of hydrogen-bond acceptors (Lipinski definition) is 5. The molecule has 0 bridgehead atoms. The number of aromatic nitrogens is 3. The van der Waals surface area contributed by atoms with E-state index in [9.17, 15) is 5.11 Å². The van der Waals surface area contributed by atoms with Crippen LogP contribution in [0.3, 0.4) is 0 Å². The van der Waals surface area contributed by atoms with Crippen molar-refractivity contribution in [1.29, 1.82) is 0 Å². The van der Waals surface area contributed by atoms with Crippen molar-refractivity contribution in [3.05, 3.63) is 36.2 Å². The Bertz CT molecular complexity index is 627. The van der Waals surface area contributed by atoms with Crippen LogP contribution >= 0.6 is 0 Å². The van der Waals surface area contributed by atoms with Crippen LogP contribution in [0.15, 0.2) is 30.3 Å². The second-order valence-electron chi connectivity index (χ2n) is 6.23. The first-order valence-electron chi connectivity index (χ1n) is 8.13. The molecule has 6 nitrogen and oxygen atoms in total. The van der Waals surface area contributed by atoms with Gasteiger partial charge in [0.05, 0.1) is 25.4 Å². The van der Waals surface area contributed by atoms with E-state index in [1.54, 1.807) is 0 Å². The Morgan fingerprint density at radius 2 is 1.96 bits per heavy atom. The lowest BCUT2D eigenvalue weighted by Gasteiger charge is -2.29. The molecule has 0 aliphatic carbocycles. The van der Waals surface area contributed by atoms with Gasteiger partial charge in [0.2, 0.25) is 0 Å². The minimum Gasteiger partial charge on any atom is -0.389 e. The van der Waals surface area contributed by atoms with Gasteiger partial charge in [0.1, 0.15) is 5.82 Å². The van der Waals surface area contributed by atoms with Crippen molar-refractivity contribution < 1.29 is 9.84 Å². The molecule has 0 fully saturated rings. The minimum atomic E-state index is -0.472. The zero-order valence-corrected chi connectivity index (χ0v) is 13.7. The van der Waals surface area contributed by atoms with Crippen molar-refractivity contribution in [2.24, 2.45) is 0 Å². The van der Waals surface area contributed by atoms with E-state index < -0.39 is 6.10 Å². The van der Waals surface area contributed by atoms with Gasteiger partial charge in [0.25, 0.3) is 0 Å². The predicted molar refractivity (Wildman–Crippen MR) is 87.8 cm³/mol. The summed E-state index contributed by atoms with van der Waals surface area (Å²) in [5.74, 6) is 1.87. The molecular weight excluding hydrogens is 292 g/mol. The van der Waals surface area contributed by atoms with E-state index in [0.717, 1.165) is 30.3 Å². The number of β-amino-alcohol motifs (C(OH)–C–C–N with tert-alkyl or cyclic N) is 1. The van der Waals surface area contributed by atoms with Crippen molar-refractivity contribution in [3.8, 4) is 11.4 Å². The third-order valence-electron chi connectivity index (χ3n) is 3.96. The summed E-state index contributed by atoms with van der Waals surface area (Å²) in [6.45, 7) is 7.34. The standard InChI is InChI=1S/C17H24N4O2/c1-13(2)23-12-15(22)10-20-8-9-21-16(11-20)18-19-17(21)14-6-4-3-5-7-14/h3-7,13,15,22H,8-12H2,1-2H3. The number of aliphatic hydroxyl groups is 1. The van der Waals surface area contributed by atoms with Gasteiger partial charge in [-0.3, -0.25) is 4.90 Å². The monoisotopic (exact) mass is 316 g/mol. The zero-order valence-electron chi connectivity index (χ0n) is 13.7. The maximum atomic E-state index is 10.1. The molecule has 23 heavy (non-hydrogen) atoms. The SMILES string of the molecule is CC(C)OCC(O)CN1CCn2c(nnc2-c2ccccc2)C1. The average molecular weight is 316 g/mol. The van der Waals surface area contributed by atoms with Gasteiger partial charge in [-0.1, -0.05) is 30.3 Å². The highest BCUT2D eigenvalue weighted by Gasteiger charge is 2.23. The molecule has 0 radical (unpaired) electrons. The average Bonchev–Trinajstić information content (AvgIpc) is 2.97. The number of hydrogen-bond donors (Lipinski definition) is 1. The van der Waals surface area contributed by atoms with Gasteiger partial charge in [-0.05, 0) is 13.8 Å². The Hall–Kier alpha value is -1.76. The summed E-state index contributed by atoms with van der Waals surface area (Å²) < 4.78 is 7.64. The third kappa shape index (κ3) is 3.96. The molecule has 1 aliphatic rings. The normalized spacial score (nSPS) is 16.5. The molecule has 1 N–H and O–H groups in total. The Labute approximate surface area is 136 Å². The highest BCUT2D eigenvalue weighted by atomic mass is 16.5. The fraction of sp³-hybridized carbons (Fsp3) is 0.529. The number of benzene rings is 1. The lowest BCUT2D eigenvalue weighted by molar-refractivity contribution is -0.0118. The Morgan fingerprint density at radius 3 is 2.70 bits per heavy atom. The Morgan fingerprint density at radius 1 is 1.17 bits per heavy atom. The molecule has 0 saturated heterocycles. The predicted octanol–water partition coefficient (Wildman–Crippen LogP) is 1.55.